The van der Waals surface area contributed by atoms with Crippen LogP contribution in [0.4, 0.5) is 0 Å². The SMILES string of the molecule is CCCCCCCCC/C=C/C(O)C(CO)NC(=O)C(O)CCCCCCCCCCCCCCCCCCCCCCCCCCCCCCCCCCCC. The Kier molecular flexibility index (Phi) is 47.0. The van der Waals surface area contributed by atoms with Gasteiger partial charge in [0.1, 0.15) is 6.10 Å². The highest BCUT2D eigenvalue weighted by atomic mass is 16.3. The third kappa shape index (κ3) is 43.0. The number of amides is 1. The summed E-state index contributed by atoms with van der Waals surface area (Å²) in [5.74, 6) is -0.500. The van der Waals surface area contributed by atoms with Crippen LogP contribution in [0.15, 0.2) is 12.2 Å². The zero-order valence-corrected chi connectivity index (χ0v) is 38.7. The number of rotatable bonds is 48. The Morgan fingerprint density at radius 2 is 0.684 bits per heavy atom. The molecule has 0 aliphatic heterocycles. The maximum absolute atomic E-state index is 12.4. The van der Waals surface area contributed by atoms with Gasteiger partial charge in [0.25, 0.3) is 0 Å². The Balaban J connectivity index is 3.40. The first kappa shape index (κ1) is 56.1. The van der Waals surface area contributed by atoms with E-state index in [1.54, 1.807) is 6.08 Å². The van der Waals surface area contributed by atoms with Crippen LogP contribution in [-0.2, 0) is 4.79 Å². The summed E-state index contributed by atoms with van der Waals surface area (Å²) in [7, 11) is 0. The molecule has 1 amide bonds. The highest BCUT2D eigenvalue weighted by Gasteiger charge is 2.22. The van der Waals surface area contributed by atoms with E-state index in [9.17, 15) is 20.1 Å². The number of aliphatic hydroxyl groups is 3. The lowest BCUT2D eigenvalue weighted by molar-refractivity contribution is -0.131. The monoisotopic (exact) mass is 806 g/mol. The van der Waals surface area contributed by atoms with Crippen molar-refractivity contribution in [2.24, 2.45) is 0 Å². The van der Waals surface area contributed by atoms with Gasteiger partial charge in [0.15, 0.2) is 0 Å². The van der Waals surface area contributed by atoms with Gasteiger partial charge in [-0.15, -0.1) is 0 Å². The van der Waals surface area contributed by atoms with E-state index < -0.39 is 24.2 Å². The molecular formula is C52H103NO4. The molecule has 57 heavy (non-hydrogen) atoms. The van der Waals surface area contributed by atoms with Crippen LogP contribution in [0.25, 0.3) is 0 Å². The van der Waals surface area contributed by atoms with E-state index in [0.29, 0.717) is 6.42 Å². The molecule has 0 saturated heterocycles. The van der Waals surface area contributed by atoms with Crippen LogP contribution < -0.4 is 5.32 Å². The van der Waals surface area contributed by atoms with Gasteiger partial charge in [-0.3, -0.25) is 4.79 Å². The quantitative estimate of drug-likeness (QED) is 0.0364. The Labute approximate surface area is 357 Å². The fourth-order valence-electron chi connectivity index (χ4n) is 8.31. The van der Waals surface area contributed by atoms with E-state index in [2.05, 4.69) is 19.2 Å². The second-order valence-electron chi connectivity index (χ2n) is 18.1. The number of allylic oxidation sites excluding steroid dienone is 1. The average molecular weight is 806 g/mol. The topological polar surface area (TPSA) is 89.8 Å². The van der Waals surface area contributed by atoms with Crippen molar-refractivity contribution < 1.29 is 20.1 Å². The third-order valence-corrected chi connectivity index (χ3v) is 12.4. The third-order valence-electron chi connectivity index (χ3n) is 12.4. The molecule has 3 unspecified atom stereocenters. The lowest BCUT2D eigenvalue weighted by Gasteiger charge is -2.21. The minimum absolute atomic E-state index is 0.360. The minimum atomic E-state index is -1.09. The second-order valence-corrected chi connectivity index (χ2v) is 18.1. The van der Waals surface area contributed by atoms with Crippen LogP contribution in [0.3, 0.4) is 0 Å². The molecule has 0 radical (unpaired) electrons. The Bertz CT molecular complexity index is 803. The summed E-state index contributed by atoms with van der Waals surface area (Å²) >= 11 is 0. The van der Waals surface area contributed by atoms with Crippen molar-refractivity contribution in [1.82, 2.24) is 5.32 Å². The van der Waals surface area contributed by atoms with Crippen molar-refractivity contribution in [1.29, 1.82) is 0 Å². The van der Waals surface area contributed by atoms with E-state index in [-0.39, 0.29) is 6.61 Å². The molecule has 0 saturated carbocycles. The van der Waals surface area contributed by atoms with E-state index in [4.69, 9.17) is 0 Å². The van der Waals surface area contributed by atoms with Gasteiger partial charge >= 0.3 is 0 Å². The van der Waals surface area contributed by atoms with Gasteiger partial charge in [-0.05, 0) is 19.3 Å². The molecule has 0 aliphatic carbocycles. The molecule has 0 heterocycles. The van der Waals surface area contributed by atoms with Crippen LogP contribution in [0.5, 0.6) is 0 Å². The molecule has 5 nitrogen and oxygen atoms in total. The summed E-state index contributed by atoms with van der Waals surface area (Å²) < 4.78 is 0. The van der Waals surface area contributed by atoms with Crippen molar-refractivity contribution in [3.05, 3.63) is 12.2 Å². The number of aliphatic hydroxyl groups excluding tert-OH is 3. The predicted molar refractivity (Wildman–Crippen MR) is 250 cm³/mol. The van der Waals surface area contributed by atoms with Crippen LogP contribution >= 0.6 is 0 Å². The maximum atomic E-state index is 12.4. The number of carbonyl (C=O) groups is 1. The Morgan fingerprint density at radius 1 is 0.421 bits per heavy atom. The van der Waals surface area contributed by atoms with Gasteiger partial charge in [-0.25, -0.2) is 0 Å². The van der Waals surface area contributed by atoms with Crippen molar-refractivity contribution >= 4 is 5.91 Å². The molecule has 0 aliphatic rings. The molecule has 0 rings (SSSR count). The first-order valence-corrected chi connectivity index (χ1v) is 26.0. The molecule has 3 atom stereocenters. The fraction of sp³-hybridized carbons (Fsp3) is 0.942. The first-order chi connectivity index (χ1) is 28.1. The van der Waals surface area contributed by atoms with Gasteiger partial charge < -0.3 is 20.6 Å². The van der Waals surface area contributed by atoms with Gasteiger partial charge in [-0.2, -0.15) is 0 Å². The van der Waals surface area contributed by atoms with Gasteiger partial charge in [0, 0.05) is 0 Å². The van der Waals surface area contributed by atoms with Gasteiger partial charge in [-0.1, -0.05) is 283 Å². The van der Waals surface area contributed by atoms with Crippen molar-refractivity contribution in [3.8, 4) is 0 Å². The van der Waals surface area contributed by atoms with Gasteiger partial charge in [0.2, 0.25) is 5.91 Å². The molecule has 0 bridgehead atoms. The molecule has 340 valence electrons. The molecular weight excluding hydrogens is 703 g/mol. The number of carbonyl (C=O) groups excluding carboxylic acids is 1. The zero-order chi connectivity index (χ0) is 41.5. The number of hydrogen-bond acceptors (Lipinski definition) is 4. The minimum Gasteiger partial charge on any atom is -0.394 e. The zero-order valence-electron chi connectivity index (χ0n) is 38.7. The van der Waals surface area contributed by atoms with Crippen LogP contribution in [0.1, 0.15) is 290 Å². The summed E-state index contributed by atoms with van der Waals surface area (Å²) in [6.45, 7) is 4.17. The van der Waals surface area contributed by atoms with Gasteiger partial charge in [0.05, 0.1) is 18.8 Å². The molecule has 0 aromatic rings. The van der Waals surface area contributed by atoms with Crippen molar-refractivity contribution in [2.45, 2.75) is 308 Å². The number of nitrogens with one attached hydrogen (secondary N) is 1. The van der Waals surface area contributed by atoms with E-state index >= 15 is 0 Å². The lowest BCUT2D eigenvalue weighted by atomic mass is 10.0. The molecule has 0 spiro atoms. The smallest absolute Gasteiger partial charge is 0.249 e. The molecule has 5 heteroatoms. The Morgan fingerprint density at radius 3 is 0.965 bits per heavy atom. The highest BCUT2D eigenvalue weighted by Crippen LogP contribution is 2.18. The maximum Gasteiger partial charge on any atom is 0.249 e. The normalized spacial score (nSPS) is 13.4. The summed E-state index contributed by atoms with van der Waals surface area (Å²) in [4.78, 5) is 12.4. The van der Waals surface area contributed by atoms with E-state index in [0.717, 1.165) is 32.1 Å². The van der Waals surface area contributed by atoms with Crippen LogP contribution in [0, 0.1) is 0 Å². The number of hydrogen-bond donors (Lipinski definition) is 4. The predicted octanol–water partition coefficient (Wildman–Crippen LogP) is 15.6. The summed E-state index contributed by atoms with van der Waals surface area (Å²) in [5.41, 5.74) is 0. The van der Waals surface area contributed by atoms with Crippen LogP contribution in [0.2, 0.25) is 0 Å². The van der Waals surface area contributed by atoms with E-state index in [1.165, 1.54) is 238 Å². The first-order valence-electron chi connectivity index (χ1n) is 26.0. The molecule has 0 aromatic heterocycles. The summed E-state index contributed by atoms with van der Waals surface area (Å²) in [6, 6.07) is -0.791. The molecule has 0 fully saturated rings. The Hall–Kier alpha value is -0.910. The number of unbranched alkanes of at least 4 members (excludes halogenated alkanes) is 40. The fourth-order valence-corrected chi connectivity index (χ4v) is 8.31. The lowest BCUT2D eigenvalue weighted by Crippen LogP contribution is -2.48. The molecule has 4 N–H and O–H groups in total. The molecule has 0 aromatic carbocycles. The summed E-state index contributed by atoms with van der Waals surface area (Å²) in [6.07, 6.45) is 58.8. The highest BCUT2D eigenvalue weighted by molar-refractivity contribution is 5.80. The summed E-state index contributed by atoms with van der Waals surface area (Å²) in [5, 5.41) is 33.0. The average Bonchev–Trinajstić information content (AvgIpc) is 3.22. The standard InChI is InChI=1S/C52H103NO4/c1-3-5-7-9-11-13-14-15-16-17-18-19-20-21-22-23-24-25-26-27-28-29-30-31-32-33-34-35-36-37-39-41-43-45-47-51(56)52(57)53-49(48-54)50(55)46-44-42-40-38-12-10-8-6-4-2/h44,46,49-51,54-56H,3-43,45,47-48H2,1-2H3,(H,53,57)/b46-44+. The largest absolute Gasteiger partial charge is 0.394 e. The second kappa shape index (κ2) is 47.8. The van der Waals surface area contributed by atoms with Crippen molar-refractivity contribution in [3.63, 3.8) is 0 Å². The van der Waals surface area contributed by atoms with Crippen LogP contribution in [-0.4, -0.2) is 46.1 Å². The van der Waals surface area contributed by atoms with Crippen molar-refractivity contribution in [2.75, 3.05) is 6.61 Å². The van der Waals surface area contributed by atoms with E-state index in [1.807, 2.05) is 6.08 Å².